The van der Waals surface area contributed by atoms with Crippen molar-refractivity contribution >= 4 is 23.6 Å². The Kier molecular flexibility index (Phi) is 5.65. The van der Waals surface area contributed by atoms with E-state index in [0.29, 0.717) is 0 Å². The van der Waals surface area contributed by atoms with E-state index in [0.717, 1.165) is 4.90 Å². The lowest BCUT2D eigenvalue weighted by Gasteiger charge is -2.25. The molecule has 1 amide bonds. The molecule has 1 N–H and O–H groups in total. The summed E-state index contributed by atoms with van der Waals surface area (Å²) in [6, 6.07) is 4.82. The van der Waals surface area contributed by atoms with Gasteiger partial charge in [-0.3, -0.25) is 9.59 Å². The highest BCUT2D eigenvalue weighted by Crippen LogP contribution is 2.38. The molecular weight excluding hydrogens is 307 g/mol. The maximum atomic E-state index is 12.5. The molecule has 0 saturated carbocycles. The molecular formula is C13H14F3NO3S. The third kappa shape index (κ3) is 5.30. The molecule has 0 radical (unpaired) electrons. The van der Waals surface area contributed by atoms with Crippen molar-refractivity contribution in [3.8, 4) is 0 Å². The van der Waals surface area contributed by atoms with Crippen LogP contribution in [0.1, 0.15) is 24.2 Å². The number of aliphatic carboxylic acids is 1. The number of carbonyl (C=O) groups is 2. The number of nitrogens with zero attached hydrogens (tertiary/aromatic N) is 1. The van der Waals surface area contributed by atoms with Gasteiger partial charge in [-0.15, -0.1) is 0 Å². The molecule has 0 fully saturated rings. The highest BCUT2D eigenvalue weighted by molar-refractivity contribution is 8.00. The van der Waals surface area contributed by atoms with Crippen LogP contribution in [-0.4, -0.2) is 40.0 Å². The normalized spacial score (nSPS) is 11.5. The molecule has 8 heteroatoms. The fraction of sp³-hybridized carbons (Fsp3) is 0.385. The van der Waals surface area contributed by atoms with Crippen LogP contribution in [0.3, 0.4) is 0 Å². The van der Waals surface area contributed by atoms with Gasteiger partial charge in [0.25, 0.3) is 5.91 Å². The molecule has 21 heavy (non-hydrogen) atoms. The highest BCUT2D eigenvalue weighted by Gasteiger charge is 2.32. The highest BCUT2D eigenvalue weighted by atomic mass is 32.2. The number of carboxylic acid groups (broad SMARTS) is 1. The van der Waals surface area contributed by atoms with E-state index >= 15 is 0 Å². The van der Waals surface area contributed by atoms with Gasteiger partial charge >= 0.3 is 11.5 Å². The summed E-state index contributed by atoms with van der Waals surface area (Å²) in [4.78, 5) is 23.9. The van der Waals surface area contributed by atoms with Crippen LogP contribution in [-0.2, 0) is 4.79 Å². The van der Waals surface area contributed by atoms with E-state index < -0.39 is 41.7 Å². The third-order valence-electron chi connectivity index (χ3n) is 2.53. The Balaban J connectivity index is 3.13. The standard InChI is InChI=1S/C13H14F3NO3S/c1-8(2)17(7-11(18)19)12(20)9-5-3-4-6-10(9)21-13(14,15)16/h3-6,8H,7H2,1-2H3,(H,18,19). The van der Waals surface area contributed by atoms with Gasteiger partial charge in [-0.1, -0.05) is 12.1 Å². The van der Waals surface area contributed by atoms with Crippen LogP contribution < -0.4 is 0 Å². The van der Waals surface area contributed by atoms with E-state index in [1.54, 1.807) is 13.8 Å². The van der Waals surface area contributed by atoms with Gasteiger partial charge in [0, 0.05) is 10.9 Å². The first-order chi connectivity index (χ1) is 9.61. The van der Waals surface area contributed by atoms with Gasteiger partial charge in [0.2, 0.25) is 0 Å². The summed E-state index contributed by atoms with van der Waals surface area (Å²) in [5.74, 6) is -1.96. The lowest BCUT2D eigenvalue weighted by molar-refractivity contribution is -0.138. The number of carbonyl (C=O) groups excluding carboxylic acids is 1. The zero-order chi connectivity index (χ0) is 16.2. The number of thioether (sulfide) groups is 1. The fourth-order valence-electron chi connectivity index (χ4n) is 1.65. The number of amides is 1. The molecule has 0 aliphatic carbocycles. The molecule has 0 atom stereocenters. The van der Waals surface area contributed by atoms with E-state index in [1.165, 1.54) is 24.3 Å². The minimum absolute atomic E-state index is 0.158. The Morgan fingerprint density at radius 3 is 2.33 bits per heavy atom. The van der Waals surface area contributed by atoms with Crippen LogP contribution >= 0.6 is 11.8 Å². The predicted molar refractivity (Wildman–Crippen MR) is 72.2 cm³/mol. The average Bonchev–Trinajstić information content (AvgIpc) is 2.33. The van der Waals surface area contributed by atoms with E-state index in [4.69, 9.17) is 5.11 Å². The van der Waals surface area contributed by atoms with Crippen LogP contribution in [0.15, 0.2) is 29.2 Å². The largest absolute Gasteiger partial charge is 0.480 e. The van der Waals surface area contributed by atoms with Crippen LogP contribution in [0.2, 0.25) is 0 Å². The van der Waals surface area contributed by atoms with Crippen molar-refractivity contribution in [2.24, 2.45) is 0 Å². The van der Waals surface area contributed by atoms with E-state index in [1.807, 2.05) is 0 Å². The first-order valence-electron chi connectivity index (χ1n) is 5.99. The summed E-state index contributed by atoms with van der Waals surface area (Å²) in [5, 5.41) is 8.81. The quantitative estimate of drug-likeness (QED) is 0.846. The average molecular weight is 321 g/mol. The third-order valence-corrected chi connectivity index (χ3v) is 3.34. The minimum Gasteiger partial charge on any atom is -0.480 e. The number of benzene rings is 1. The van der Waals surface area contributed by atoms with E-state index in [2.05, 4.69) is 0 Å². The summed E-state index contributed by atoms with van der Waals surface area (Å²) < 4.78 is 37.5. The Hall–Kier alpha value is -1.70. The molecule has 1 aromatic carbocycles. The molecule has 0 bridgehead atoms. The van der Waals surface area contributed by atoms with Crippen molar-refractivity contribution in [2.75, 3.05) is 6.54 Å². The number of hydrogen-bond acceptors (Lipinski definition) is 3. The van der Waals surface area contributed by atoms with Crippen LogP contribution in [0, 0.1) is 0 Å². The summed E-state index contributed by atoms with van der Waals surface area (Å²) in [6.45, 7) is 2.63. The first kappa shape index (κ1) is 17.4. The molecule has 0 aliphatic heterocycles. The number of carboxylic acids is 1. The molecule has 1 rings (SSSR count). The summed E-state index contributed by atoms with van der Waals surface area (Å²) in [6.07, 6.45) is 0. The minimum atomic E-state index is -4.52. The first-order valence-corrected chi connectivity index (χ1v) is 6.81. The number of halogens is 3. The van der Waals surface area contributed by atoms with Gasteiger partial charge in [0.1, 0.15) is 6.54 Å². The van der Waals surface area contributed by atoms with Crippen LogP contribution in [0.4, 0.5) is 13.2 Å². The van der Waals surface area contributed by atoms with Crippen LogP contribution in [0.5, 0.6) is 0 Å². The predicted octanol–water partition coefficient (Wildman–Crippen LogP) is 3.23. The molecule has 116 valence electrons. The molecule has 0 unspecified atom stereocenters. The molecule has 0 saturated heterocycles. The van der Waals surface area contributed by atoms with Crippen molar-refractivity contribution in [1.29, 1.82) is 0 Å². The molecule has 0 aliphatic rings. The van der Waals surface area contributed by atoms with Crippen molar-refractivity contribution < 1.29 is 27.9 Å². The van der Waals surface area contributed by atoms with Gasteiger partial charge in [-0.2, -0.15) is 13.2 Å². The van der Waals surface area contributed by atoms with Crippen molar-refractivity contribution in [3.05, 3.63) is 29.8 Å². The summed E-state index contributed by atoms with van der Waals surface area (Å²) in [7, 11) is 0. The zero-order valence-electron chi connectivity index (χ0n) is 11.3. The summed E-state index contributed by atoms with van der Waals surface area (Å²) in [5.41, 5.74) is -4.68. The van der Waals surface area contributed by atoms with Gasteiger partial charge in [0.05, 0.1) is 5.56 Å². The lowest BCUT2D eigenvalue weighted by atomic mass is 10.1. The lowest BCUT2D eigenvalue weighted by Crippen LogP contribution is -2.40. The Morgan fingerprint density at radius 1 is 1.29 bits per heavy atom. The second-order valence-electron chi connectivity index (χ2n) is 4.46. The second kappa shape index (κ2) is 6.84. The zero-order valence-corrected chi connectivity index (χ0v) is 12.2. The maximum Gasteiger partial charge on any atom is 0.446 e. The second-order valence-corrected chi connectivity index (χ2v) is 5.57. The van der Waals surface area contributed by atoms with Crippen molar-refractivity contribution in [2.45, 2.75) is 30.3 Å². The topological polar surface area (TPSA) is 57.6 Å². The van der Waals surface area contributed by atoms with Crippen LogP contribution in [0.25, 0.3) is 0 Å². The van der Waals surface area contributed by atoms with Crippen molar-refractivity contribution in [1.82, 2.24) is 4.90 Å². The molecule has 0 heterocycles. The smallest absolute Gasteiger partial charge is 0.446 e. The van der Waals surface area contributed by atoms with Crippen molar-refractivity contribution in [3.63, 3.8) is 0 Å². The Labute approximate surface area is 123 Å². The van der Waals surface area contributed by atoms with E-state index in [9.17, 15) is 22.8 Å². The van der Waals surface area contributed by atoms with Gasteiger partial charge < -0.3 is 10.0 Å². The van der Waals surface area contributed by atoms with Gasteiger partial charge in [0.15, 0.2) is 0 Å². The molecule has 0 aromatic heterocycles. The van der Waals surface area contributed by atoms with E-state index in [-0.39, 0.29) is 10.5 Å². The molecule has 0 spiro atoms. The Morgan fingerprint density at radius 2 is 1.86 bits per heavy atom. The van der Waals surface area contributed by atoms with Gasteiger partial charge in [-0.25, -0.2) is 0 Å². The molecule has 1 aromatic rings. The number of rotatable bonds is 5. The number of hydrogen-bond donors (Lipinski definition) is 1. The monoisotopic (exact) mass is 321 g/mol. The van der Waals surface area contributed by atoms with Gasteiger partial charge in [-0.05, 0) is 37.7 Å². The Bertz CT molecular complexity index is 532. The fourth-order valence-corrected chi connectivity index (χ4v) is 2.31. The SMILES string of the molecule is CC(C)N(CC(=O)O)C(=O)c1ccccc1SC(F)(F)F. The molecule has 4 nitrogen and oxygen atoms in total. The summed E-state index contributed by atoms with van der Waals surface area (Å²) >= 11 is -0.391. The number of alkyl halides is 3. The maximum absolute atomic E-state index is 12.5.